The summed E-state index contributed by atoms with van der Waals surface area (Å²) in [4.78, 5) is 10.8. The maximum Gasteiger partial charge on any atom is 0.337 e. The number of nitrogens with zero attached hydrogens (tertiary/aromatic N) is 1. The van der Waals surface area contributed by atoms with Gasteiger partial charge >= 0.3 is 5.97 Å². The first kappa shape index (κ1) is 9.58. The standard InChI is InChI=1S/C10H13NO2/c1-3-6-11-7-5-8(10(12)13)9(11)4-2/h3,5,7H,1,4,6H2,2H3,(H,12,13). The van der Waals surface area contributed by atoms with Crippen LogP contribution in [0.3, 0.4) is 0 Å². The van der Waals surface area contributed by atoms with Gasteiger partial charge in [0.1, 0.15) is 0 Å². The molecule has 0 fully saturated rings. The van der Waals surface area contributed by atoms with Crippen molar-refractivity contribution in [1.82, 2.24) is 4.57 Å². The highest BCUT2D eigenvalue weighted by molar-refractivity contribution is 5.89. The fraction of sp³-hybridized carbons (Fsp3) is 0.300. The van der Waals surface area contributed by atoms with E-state index in [1.807, 2.05) is 11.5 Å². The first-order valence-corrected chi connectivity index (χ1v) is 4.22. The van der Waals surface area contributed by atoms with Gasteiger partial charge in [-0.25, -0.2) is 4.79 Å². The first-order chi connectivity index (χ1) is 6.20. The van der Waals surface area contributed by atoms with Gasteiger partial charge in [-0.2, -0.15) is 0 Å². The Morgan fingerprint density at radius 3 is 2.92 bits per heavy atom. The summed E-state index contributed by atoms with van der Waals surface area (Å²) in [5.74, 6) is -0.861. The summed E-state index contributed by atoms with van der Waals surface area (Å²) in [6.07, 6.45) is 4.26. The van der Waals surface area contributed by atoms with Crippen LogP contribution in [0.15, 0.2) is 24.9 Å². The molecule has 1 rings (SSSR count). The van der Waals surface area contributed by atoms with Crippen LogP contribution in [-0.2, 0) is 13.0 Å². The van der Waals surface area contributed by atoms with Crippen molar-refractivity contribution in [2.75, 3.05) is 0 Å². The van der Waals surface area contributed by atoms with Crippen molar-refractivity contribution in [1.29, 1.82) is 0 Å². The molecule has 3 heteroatoms. The molecule has 0 unspecified atom stereocenters. The quantitative estimate of drug-likeness (QED) is 0.717. The molecule has 0 aliphatic heterocycles. The normalized spacial score (nSPS) is 9.92. The van der Waals surface area contributed by atoms with E-state index in [4.69, 9.17) is 5.11 Å². The minimum atomic E-state index is -0.861. The molecule has 0 amide bonds. The summed E-state index contributed by atoms with van der Waals surface area (Å²) in [7, 11) is 0. The Hall–Kier alpha value is -1.51. The maximum atomic E-state index is 10.8. The topological polar surface area (TPSA) is 42.2 Å². The van der Waals surface area contributed by atoms with Crippen molar-refractivity contribution >= 4 is 5.97 Å². The van der Waals surface area contributed by atoms with E-state index in [9.17, 15) is 4.79 Å². The maximum absolute atomic E-state index is 10.8. The zero-order valence-electron chi connectivity index (χ0n) is 7.66. The molecular formula is C10H13NO2. The Morgan fingerprint density at radius 2 is 2.46 bits per heavy atom. The molecule has 1 aromatic heterocycles. The van der Waals surface area contributed by atoms with Crippen LogP contribution in [0, 0.1) is 0 Å². The number of carboxylic acids is 1. The lowest BCUT2D eigenvalue weighted by Crippen LogP contribution is -2.04. The molecule has 0 aliphatic carbocycles. The van der Waals surface area contributed by atoms with Gasteiger partial charge in [0.15, 0.2) is 0 Å². The number of carbonyl (C=O) groups is 1. The second-order valence-electron chi connectivity index (χ2n) is 2.78. The van der Waals surface area contributed by atoms with E-state index in [0.29, 0.717) is 12.1 Å². The van der Waals surface area contributed by atoms with Gasteiger partial charge in [-0.1, -0.05) is 13.0 Å². The van der Waals surface area contributed by atoms with Gasteiger partial charge < -0.3 is 9.67 Å². The van der Waals surface area contributed by atoms with Gasteiger partial charge in [0.05, 0.1) is 5.56 Å². The molecule has 0 atom stereocenters. The predicted octanol–water partition coefficient (Wildman–Crippen LogP) is 1.93. The molecule has 13 heavy (non-hydrogen) atoms. The second-order valence-corrected chi connectivity index (χ2v) is 2.78. The third-order valence-electron chi connectivity index (χ3n) is 1.97. The van der Waals surface area contributed by atoms with Crippen LogP contribution in [0.4, 0.5) is 0 Å². The molecule has 0 aliphatic rings. The van der Waals surface area contributed by atoms with E-state index in [1.165, 1.54) is 0 Å². The Bertz CT molecular complexity index is 326. The molecule has 0 aromatic carbocycles. The fourth-order valence-electron chi connectivity index (χ4n) is 1.40. The van der Waals surface area contributed by atoms with E-state index in [0.717, 1.165) is 12.1 Å². The highest BCUT2D eigenvalue weighted by atomic mass is 16.4. The zero-order chi connectivity index (χ0) is 9.84. The minimum absolute atomic E-state index is 0.393. The average Bonchev–Trinajstić information content (AvgIpc) is 2.48. The van der Waals surface area contributed by atoms with Gasteiger partial charge in [0, 0.05) is 18.4 Å². The number of carboxylic acid groups (broad SMARTS) is 1. The van der Waals surface area contributed by atoms with Crippen LogP contribution in [0.1, 0.15) is 23.0 Å². The van der Waals surface area contributed by atoms with Crippen molar-refractivity contribution in [2.45, 2.75) is 19.9 Å². The highest BCUT2D eigenvalue weighted by Crippen LogP contribution is 2.12. The lowest BCUT2D eigenvalue weighted by Gasteiger charge is -2.04. The number of hydrogen-bond donors (Lipinski definition) is 1. The lowest BCUT2D eigenvalue weighted by atomic mass is 10.2. The van der Waals surface area contributed by atoms with Crippen molar-refractivity contribution < 1.29 is 9.90 Å². The third kappa shape index (κ3) is 1.80. The minimum Gasteiger partial charge on any atom is -0.478 e. The largest absolute Gasteiger partial charge is 0.478 e. The Labute approximate surface area is 77.3 Å². The number of rotatable bonds is 4. The van der Waals surface area contributed by atoms with Gasteiger partial charge in [0.2, 0.25) is 0 Å². The van der Waals surface area contributed by atoms with Crippen molar-refractivity contribution in [3.8, 4) is 0 Å². The Kier molecular flexibility index (Phi) is 2.90. The van der Waals surface area contributed by atoms with Crippen LogP contribution in [-0.4, -0.2) is 15.6 Å². The van der Waals surface area contributed by atoms with Crippen LogP contribution < -0.4 is 0 Å². The second kappa shape index (κ2) is 3.94. The van der Waals surface area contributed by atoms with Gasteiger partial charge in [-0.05, 0) is 12.5 Å². The molecule has 0 radical (unpaired) electrons. The molecule has 0 bridgehead atoms. The van der Waals surface area contributed by atoms with Gasteiger partial charge in [-0.3, -0.25) is 0 Å². The molecule has 1 N–H and O–H groups in total. The Morgan fingerprint density at radius 1 is 1.77 bits per heavy atom. The third-order valence-corrected chi connectivity index (χ3v) is 1.97. The number of aromatic carboxylic acids is 1. The molecule has 70 valence electrons. The predicted molar refractivity (Wildman–Crippen MR) is 51.0 cm³/mol. The van der Waals surface area contributed by atoms with E-state index in [1.54, 1.807) is 18.3 Å². The van der Waals surface area contributed by atoms with E-state index in [2.05, 4.69) is 6.58 Å². The number of hydrogen-bond acceptors (Lipinski definition) is 1. The highest BCUT2D eigenvalue weighted by Gasteiger charge is 2.12. The molecule has 0 saturated heterocycles. The molecule has 1 heterocycles. The summed E-state index contributed by atoms with van der Waals surface area (Å²) < 4.78 is 1.90. The van der Waals surface area contributed by atoms with Gasteiger partial charge in [-0.15, -0.1) is 6.58 Å². The summed E-state index contributed by atoms with van der Waals surface area (Å²) in [6.45, 7) is 6.23. The van der Waals surface area contributed by atoms with Crippen LogP contribution in [0.5, 0.6) is 0 Å². The summed E-state index contributed by atoms with van der Waals surface area (Å²) in [5.41, 5.74) is 1.25. The van der Waals surface area contributed by atoms with Crippen LogP contribution in [0.25, 0.3) is 0 Å². The van der Waals surface area contributed by atoms with Crippen LogP contribution >= 0.6 is 0 Å². The summed E-state index contributed by atoms with van der Waals surface area (Å²) in [5, 5.41) is 8.84. The van der Waals surface area contributed by atoms with Crippen molar-refractivity contribution in [3.05, 3.63) is 36.2 Å². The van der Waals surface area contributed by atoms with Gasteiger partial charge in [0.25, 0.3) is 0 Å². The average molecular weight is 179 g/mol. The first-order valence-electron chi connectivity index (χ1n) is 4.22. The van der Waals surface area contributed by atoms with Crippen LogP contribution in [0.2, 0.25) is 0 Å². The monoisotopic (exact) mass is 179 g/mol. The van der Waals surface area contributed by atoms with E-state index in [-0.39, 0.29) is 0 Å². The molecule has 0 saturated carbocycles. The van der Waals surface area contributed by atoms with Crippen molar-refractivity contribution in [3.63, 3.8) is 0 Å². The van der Waals surface area contributed by atoms with E-state index < -0.39 is 5.97 Å². The Balaban J connectivity index is 3.09. The number of allylic oxidation sites excluding steroid dienone is 1. The van der Waals surface area contributed by atoms with E-state index >= 15 is 0 Å². The summed E-state index contributed by atoms with van der Waals surface area (Å²) >= 11 is 0. The molecule has 0 spiro atoms. The SMILES string of the molecule is C=CCn1ccc(C(=O)O)c1CC. The summed E-state index contributed by atoms with van der Waals surface area (Å²) in [6, 6.07) is 1.63. The zero-order valence-corrected chi connectivity index (χ0v) is 7.66. The fourth-order valence-corrected chi connectivity index (χ4v) is 1.40. The molecular weight excluding hydrogens is 166 g/mol. The van der Waals surface area contributed by atoms with Crippen molar-refractivity contribution in [2.24, 2.45) is 0 Å². The molecule has 1 aromatic rings. The lowest BCUT2D eigenvalue weighted by molar-refractivity contribution is 0.0695. The number of aromatic nitrogens is 1. The smallest absolute Gasteiger partial charge is 0.337 e. The molecule has 3 nitrogen and oxygen atoms in total.